The number of hydrogen-bond donors (Lipinski definition) is 1. The highest BCUT2D eigenvalue weighted by Gasteiger charge is 2.40. The van der Waals surface area contributed by atoms with Crippen molar-refractivity contribution in [3.63, 3.8) is 0 Å². The van der Waals surface area contributed by atoms with E-state index in [0.29, 0.717) is 11.5 Å². The number of hydrogen-bond acceptors (Lipinski definition) is 1. The molecule has 0 saturated heterocycles. The van der Waals surface area contributed by atoms with Crippen LogP contribution in [0.1, 0.15) is 77.6 Å². The minimum atomic E-state index is 0.569. The third-order valence-corrected chi connectivity index (χ3v) is 5.40. The maximum absolute atomic E-state index is 3.69. The minimum absolute atomic E-state index is 0.569. The van der Waals surface area contributed by atoms with Crippen molar-refractivity contribution in [2.45, 2.75) is 83.6 Å². The van der Waals surface area contributed by atoms with Crippen LogP contribution in [-0.2, 0) is 0 Å². The summed E-state index contributed by atoms with van der Waals surface area (Å²) in [6, 6.07) is 0.656. The predicted octanol–water partition coefficient (Wildman–Crippen LogP) is 4.83. The molecule has 1 heteroatoms. The summed E-state index contributed by atoms with van der Waals surface area (Å²) in [6.45, 7) is 2.40. The maximum Gasteiger partial charge on any atom is 0.0333 e. The zero-order valence-electron chi connectivity index (χ0n) is 12.4. The zero-order valence-corrected chi connectivity index (χ0v) is 12.4. The Labute approximate surface area is 113 Å². The smallest absolute Gasteiger partial charge is 0.0333 e. The Morgan fingerprint density at radius 2 is 1.83 bits per heavy atom. The molecule has 2 rings (SSSR count). The summed E-state index contributed by atoms with van der Waals surface area (Å²) in [4.78, 5) is 0. The van der Waals surface area contributed by atoms with E-state index in [9.17, 15) is 0 Å². The van der Waals surface area contributed by atoms with Gasteiger partial charge in [0.05, 0.1) is 0 Å². The summed E-state index contributed by atoms with van der Waals surface area (Å²) in [6.07, 6.45) is 18.0. The van der Waals surface area contributed by atoms with Crippen LogP contribution in [0.25, 0.3) is 0 Å². The van der Waals surface area contributed by atoms with Crippen LogP contribution in [0, 0.1) is 5.41 Å². The summed E-state index contributed by atoms with van der Waals surface area (Å²) in [5.41, 5.74) is 2.31. The molecule has 0 radical (unpaired) electrons. The molecular formula is C17H31N. The first-order valence-corrected chi connectivity index (χ1v) is 8.18. The molecule has 104 valence electrons. The number of allylic oxidation sites excluding steroid dienone is 1. The van der Waals surface area contributed by atoms with E-state index in [-0.39, 0.29) is 0 Å². The fourth-order valence-electron chi connectivity index (χ4n) is 4.29. The van der Waals surface area contributed by atoms with Gasteiger partial charge in [0.2, 0.25) is 0 Å². The van der Waals surface area contributed by atoms with E-state index in [1.165, 1.54) is 70.6 Å². The van der Waals surface area contributed by atoms with Gasteiger partial charge in [-0.1, -0.05) is 44.3 Å². The van der Waals surface area contributed by atoms with Crippen molar-refractivity contribution in [3.05, 3.63) is 11.6 Å². The van der Waals surface area contributed by atoms with Crippen LogP contribution in [-0.4, -0.2) is 13.1 Å². The SMILES string of the molecule is CCC1(C(NC)C2=CCCCCCC2)CCCC1. The first-order chi connectivity index (χ1) is 8.82. The average Bonchev–Trinajstić information content (AvgIpc) is 2.82. The summed E-state index contributed by atoms with van der Waals surface area (Å²) in [7, 11) is 2.18. The molecule has 1 unspecified atom stereocenters. The monoisotopic (exact) mass is 249 g/mol. The molecule has 18 heavy (non-hydrogen) atoms. The Morgan fingerprint density at radius 1 is 1.11 bits per heavy atom. The van der Waals surface area contributed by atoms with Gasteiger partial charge in [-0.05, 0) is 57.4 Å². The molecule has 1 saturated carbocycles. The van der Waals surface area contributed by atoms with Crippen molar-refractivity contribution < 1.29 is 0 Å². The van der Waals surface area contributed by atoms with Crippen molar-refractivity contribution in [1.29, 1.82) is 0 Å². The third-order valence-electron chi connectivity index (χ3n) is 5.40. The van der Waals surface area contributed by atoms with E-state index in [0.717, 1.165) is 0 Å². The quantitative estimate of drug-likeness (QED) is 0.704. The largest absolute Gasteiger partial charge is 0.313 e. The van der Waals surface area contributed by atoms with Gasteiger partial charge in [-0.3, -0.25) is 0 Å². The standard InChI is InChI=1S/C17H31N/c1-3-17(13-9-10-14-17)16(18-2)15-11-7-5-4-6-8-12-15/h11,16,18H,3-10,12-14H2,1-2H3. The van der Waals surface area contributed by atoms with Crippen molar-refractivity contribution in [3.8, 4) is 0 Å². The van der Waals surface area contributed by atoms with E-state index in [2.05, 4.69) is 25.4 Å². The van der Waals surface area contributed by atoms with Crippen molar-refractivity contribution in [1.82, 2.24) is 5.32 Å². The Hall–Kier alpha value is -0.300. The molecule has 0 heterocycles. The van der Waals surface area contributed by atoms with Gasteiger partial charge in [0.1, 0.15) is 0 Å². The molecule has 2 aliphatic rings. The number of likely N-dealkylation sites (N-methyl/N-ethyl adjacent to an activating group) is 1. The normalized spacial score (nSPS) is 26.2. The lowest BCUT2D eigenvalue weighted by Gasteiger charge is -2.39. The molecule has 0 aliphatic heterocycles. The van der Waals surface area contributed by atoms with Gasteiger partial charge in [-0.2, -0.15) is 0 Å². The maximum atomic E-state index is 3.69. The van der Waals surface area contributed by atoms with Gasteiger partial charge < -0.3 is 5.32 Å². The predicted molar refractivity (Wildman–Crippen MR) is 79.8 cm³/mol. The highest BCUT2D eigenvalue weighted by molar-refractivity contribution is 5.17. The lowest BCUT2D eigenvalue weighted by atomic mass is 9.72. The van der Waals surface area contributed by atoms with E-state index < -0.39 is 0 Å². The first kappa shape index (κ1) is 14.1. The Morgan fingerprint density at radius 3 is 2.50 bits per heavy atom. The summed E-state index contributed by atoms with van der Waals surface area (Å²) in [5, 5.41) is 3.69. The number of nitrogens with one attached hydrogen (secondary N) is 1. The molecule has 0 bridgehead atoms. The van der Waals surface area contributed by atoms with Crippen LogP contribution in [0.5, 0.6) is 0 Å². The fraction of sp³-hybridized carbons (Fsp3) is 0.882. The second kappa shape index (κ2) is 6.75. The molecule has 0 aromatic rings. The van der Waals surface area contributed by atoms with Crippen molar-refractivity contribution >= 4 is 0 Å². The molecule has 1 atom stereocenters. The van der Waals surface area contributed by atoms with Gasteiger partial charge in [0.15, 0.2) is 0 Å². The van der Waals surface area contributed by atoms with Crippen LogP contribution >= 0.6 is 0 Å². The van der Waals surface area contributed by atoms with Crippen molar-refractivity contribution in [2.24, 2.45) is 5.41 Å². The van der Waals surface area contributed by atoms with E-state index in [1.807, 2.05) is 0 Å². The fourth-order valence-corrected chi connectivity index (χ4v) is 4.29. The molecule has 0 aromatic carbocycles. The highest BCUT2D eigenvalue weighted by Crippen LogP contribution is 2.46. The third kappa shape index (κ3) is 2.99. The van der Waals surface area contributed by atoms with Gasteiger partial charge in [-0.25, -0.2) is 0 Å². The first-order valence-electron chi connectivity index (χ1n) is 8.18. The van der Waals surface area contributed by atoms with Crippen LogP contribution in [0.4, 0.5) is 0 Å². The molecular weight excluding hydrogens is 218 g/mol. The van der Waals surface area contributed by atoms with Crippen LogP contribution < -0.4 is 5.32 Å². The molecule has 1 fully saturated rings. The Kier molecular flexibility index (Phi) is 5.29. The van der Waals surface area contributed by atoms with Gasteiger partial charge in [0.25, 0.3) is 0 Å². The summed E-state index contributed by atoms with van der Waals surface area (Å²) < 4.78 is 0. The molecule has 0 amide bonds. The minimum Gasteiger partial charge on any atom is -0.313 e. The van der Waals surface area contributed by atoms with Gasteiger partial charge >= 0.3 is 0 Å². The van der Waals surface area contributed by atoms with Crippen molar-refractivity contribution in [2.75, 3.05) is 7.05 Å². The molecule has 0 aromatic heterocycles. The van der Waals surface area contributed by atoms with Crippen LogP contribution in [0.15, 0.2) is 11.6 Å². The van der Waals surface area contributed by atoms with Gasteiger partial charge in [0, 0.05) is 6.04 Å². The number of rotatable bonds is 4. The molecule has 2 aliphatic carbocycles. The van der Waals surface area contributed by atoms with Crippen LogP contribution in [0.3, 0.4) is 0 Å². The summed E-state index contributed by atoms with van der Waals surface area (Å²) >= 11 is 0. The second-order valence-electron chi connectivity index (χ2n) is 6.38. The van der Waals surface area contributed by atoms with Gasteiger partial charge in [-0.15, -0.1) is 0 Å². The van der Waals surface area contributed by atoms with E-state index in [1.54, 1.807) is 5.57 Å². The molecule has 0 spiro atoms. The van der Waals surface area contributed by atoms with E-state index in [4.69, 9.17) is 0 Å². The molecule has 1 nitrogen and oxygen atoms in total. The van der Waals surface area contributed by atoms with E-state index >= 15 is 0 Å². The average molecular weight is 249 g/mol. The van der Waals surface area contributed by atoms with Crippen LogP contribution in [0.2, 0.25) is 0 Å². The zero-order chi connectivity index (χ0) is 12.8. The second-order valence-corrected chi connectivity index (χ2v) is 6.38. The lowest BCUT2D eigenvalue weighted by molar-refractivity contribution is 0.214. The Balaban J connectivity index is 2.14. The molecule has 1 N–H and O–H groups in total. The Bertz CT molecular complexity index is 273. The summed E-state index contributed by atoms with van der Waals surface area (Å²) in [5.74, 6) is 0. The topological polar surface area (TPSA) is 12.0 Å². The highest BCUT2D eigenvalue weighted by atomic mass is 14.9. The lowest BCUT2D eigenvalue weighted by Crippen LogP contribution is -2.43.